The summed E-state index contributed by atoms with van der Waals surface area (Å²) in [5.74, 6) is 0.694. The summed E-state index contributed by atoms with van der Waals surface area (Å²) in [6.45, 7) is 2.26. The molecule has 2 aromatic heterocycles. The molecule has 88 valence electrons. The molecular weight excluding hydrogens is 242 g/mol. The molecular formula is C10H10ClN5O. The van der Waals surface area contributed by atoms with Gasteiger partial charge < -0.3 is 5.32 Å². The summed E-state index contributed by atoms with van der Waals surface area (Å²) in [4.78, 5) is 19.4. The van der Waals surface area contributed by atoms with E-state index in [1.807, 2.05) is 6.92 Å². The van der Waals surface area contributed by atoms with E-state index in [1.165, 1.54) is 6.20 Å². The molecule has 2 rings (SSSR count). The Balaban J connectivity index is 2.13. The summed E-state index contributed by atoms with van der Waals surface area (Å²) in [6, 6.07) is 1.79. The van der Waals surface area contributed by atoms with Gasteiger partial charge in [-0.25, -0.2) is 15.1 Å². The highest BCUT2D eigenvalue weighted by atomic mass is 35.5. The smallest absolute Gasteiger partial charge is 0.285 e. The molecule has 0 saturated heterocycles. The third-order valence-corrected chi connectivity index (χ3v) is 2.46. The zero-order valence-corrected chi connectivity index (χ0v) is 9.82. The summed E-state index contributed by atoms with van der Waals surface area (Å²) >= 11 is 5.81. The number of nitrogens with one attached hydrogen (secondary N) is 2. The first-order valence-electron chi connectivity index (χ1n) is 4.92. The van der Waals surface area contributed by atoms with Crippen LogP contribution in [0.5, 0.6) is 0 Å². The summed E-state index contributed by atoms with van der Waals surface area (Å²) in [6.07, 6.45) is 3.13. The van der Waals surface area contributed by atoms with E-state index in [0.29, 0.717) is 18.1 Å². The van der Waals surface area contributed by atoms with Crippen LogP contribution in [-0.4, -0.2) is 20.2 Å². The van der Waals surface area contributed by atoms with E-state index in [-0.39, 0.29) is 5.02 Å². The Labute approximate surface area is 102 Å². The molecule has 2 heterocycles. The van der Waals surface area contributed by atoms with Gasteiger partial charge in [-0.2, -0.15) is 5.10 Å². The molecule has 17 heavy (non-hydrogen) atoms. The van der Waals surface area contributed by atoms with Crippen molar-refractivity contribution < 1.29 is 0 Å². The van der Waals surface area contributed by atoms with Crippen molar-refractivity contribution in [3.8, 4) is 0 Å². The molecule has 0 saturated carbocycles. The van der Waals surface area contributed by atoms with Gasteiger partial charge in [0, 0.05) is 6.20 Å². The van der Waals surface area contributed by atoms with Gasteiger partial charge in [0.15, 0.2) is 0 Å². The number of nitrogens with zero attached hydrogens (tertiary/aromatic N) is 3. The fraction of sp³-hybridized carbons (Fsp3) is 0.200. The lowest BCUT2D eigenvalue weighted by Gasteiger charge is -2.06. The van der Waals surface area contributed by atoms with Gasteiger partial charge in [0.05, 0.1) is 24.1 Å². The van der Waals surface area contributed by atoms with Crippen LogP contribution in [0.15, 0.2) is 23.3 Å². The zero-order chi connectivity index (χ0) is 12.3. The van der Waals surface area contributed by atoms with Crippen LogP contribution in [0.2, 0.25) is 5.02 Å². The number of aryl methyl sites for hydroxylation is 1. The molecule has 7 heteroatoms. The molecule has 2 N–H and O–H groups in total. The van der Waals surface area contributed by atoms with E-state index in [9.17, 15) is 4.79 Å². The number of H-pyrrole nitrogens is 1. The average molecular weight is 252 g/mol. The van der Waals surface area contributed by atoms with E-state index in [2.05, 4.69) is 25.5 Å². The van der Waals surface area contributed by atoms with Crippen LogP contribution >= 0.6 is 11.6 Å². The van der Waals surface area contributed by atoms with E-state index in [0.717, 1.165) is 5.69 Å². The third kappa shape index (κ3) is 2.79. The van der Waals surface area contributed by atoms with Crippen LogP contribution in [0.4, 0.5) is 5.69 Å². The van der Waals surface area contributed by atoms with Gasteiger partial charge in [-0.05, 0) is 13.0 Å². The van der Waals surface area contributed by atoms with Crippen LogP contribution in [0.3, 0.4) is 0 Å². The maximum absolute atomic E-state index is 11.2. The van der Waals surface area contributed by atoms with Crippen LogP contribution in [0.1, 0.15) is 11.5 Å². The van der Waals surface area contributed by atoms with Crippen molar-refractivity contribution in [1.29, 1.82) is 0 Å². The van der Waals surface area contributed by atoms with E-state index in [4.69, 9.17) is 11.6 Å². The normalized spacial score (nSPS) is 10.2. The molecule has 0 atom stereocenters. The molecule has 0 radical (unpaired) electrons. The lowest BCUT2D eigenvalue weighted by molar-refractivity contribution is 0.943. The van der Waals surface area contributed by atoms with Crippen molar-refractivity contribution in [2.75, 3.05) is 5.32 Å². The highest BCUT2D eigenvalue weighted by Gasteiger charge is 2.04. The van der Waals surface area contributed by atoms with Gasteiger partial charge in [0.25, 0.3) is 5.56 Å². The van der Waals surface area contributed by atoms with E-state index in [1.54, 1.807) is 12.3 Å². The largest absolute Gasteiger partial charge is 0.377 e. The number of hydrogen-bond donors (Lipinski definition) is 2. The Kier molecular flexibility index (Phi) is 3.34. The number of hydrogen-bond acceptors (Lipinski definition) is 5. The maximum Gasteiger partial charge on any atom is 0.285 e. The standard InChI is InChI=1S/C10H10ClN5O/c1-6-12-3-2-7(15-6)4-13-8-5-14-16-10(17)9(8)11/h2-3,5H,4H2,1H3,(H2,13,16,17). The van der Waals surface area contributed by atoms with E-state index >= 15 is 0 Å². The molecule has 0 bridgehead atoms. The lowest BCUT2D eigenvalue weighted by atomic mass is 10.3. The molecule has 2 aromatic rings. The SMILES string of the molecule is Cc1nccc(CNc2cn[nH]c(=O)c2Cl)n1. The van der Waals surface area contributed by atoms with Gasteiger partial charge in [-0.1, -0.05) is 11.6 Å². The van der Waals surface area contributed by atoms with Crippen molar-refractivity contribution in [2.45, 2.75) is 13.5 Å². The summed E-state index contributed by atoms with van der Waals surface area (Å²) in [5, 5.41) is 8.98. The summed E-state index contributed by atoms with van der Waals surface area (Å²) in [5.41, 5.74) is 0.871. The van der Waals surface area contributed by atoms with Crippen molar-refractivity contribution in [2.24, 2.45) is 0 Å². The predicted octanol–water partition coefficient (Wildman–Crippen LogP) is 1.13. The second-order valence-corrected chi connectivity index (χ2v) is 3.75. The fourth-order valence-corrected chi connectivity index (χ4v) is 1.45. The highest BCUT2D eigenvalue weighted by Crippen LogP contribution is 2.14. The number of aromatic nitrogens is 4. The third-order valence-electron chi connectivity index (χ3n) is 2.09. The topological polar surface area (TPSA) is 83.6 Å². The fourth-order valence-electron chi connectivity index (χ4n) is 1.30. The Bertz CT molecular complexity index is 583. The minimum atomic E-state index is -0.421. The number of halogens is 1. The predicted molar refractivity (Wildman–Crippen MR) is 64.0 cm³/mol. The van der Waals surface area contributed by atoms with Crippen molar-refractivity contribution in [3.63, 3.8) is 0 Å². The molecule has 0 aromatic carbocycles. The maximum atomic E-state index is 11.2. The van der Waals surface area contributed by atoms with Crippen LogP contribution < -0.4 is 10.9 Å². The second kappa shape index (κ2) is 4.92. The molecule has 0 aliphatic rings. The van der Waals surface area contributed by atoms with Gasteiger partial charge in [-0.3, -0.25) is 4.79 Å². The number of aromatic amines is 1. The van der Waals surface area contributed by atoms with Gasteiger partial charge >= 0.3 is 0 Å². The van der Waals surface area contributed by atoms with Gasteiger partial charge in [-0.15, -0.1) is 0 Å². The first kappa shape index (κ1) is 11.5. The van der Waals surface area contributed by atoms with Crippen LogP contribution in [0.25, 0.3) is 0 Å². The first-order chi connectivity index (χ1) is 8.16. The van der Waals surface area contributed by atoms with E-state index < -0.39 is 5.56 Å². The monoisotopic (exact) mass is 251 g/mol. The quantitative estimate of drug-likeness (QED) is 0.855. The highest BCUT2D eigenvalue weighted by molar-refractivity contribution is 6.32. The molecule has 0 spiro atoms. The van der Waals surface area contributed by atoms with Gasteiger partial charge in [0.2, 0.25) is 0 Å². The Morgan fingerprint density at radius 1 is 1.53 bits per heavy atom. The Morgan fingerprint density at radius 2 is 2.35 bits per heavy atom. The van der Waals surface area contributed by atoms with Crippen molar-refractivity contribution >= 4 is 17.3 Å². The van der Waals surface area contributed by atoms with Crippen LogP contribution in [-0.2, 0) is 6.54 Å². The average Bonchev–Trinajstić information content (AvgIpc) is 2.31. The van der Waals surface area contributed by atoms with Crippen LogP contribution in [0, 0.1) is 6.92 Å². The second-order valence-electron chi connectivity index (χ2n) is 3.38. The number of anilines is 1. The molecule has 0 unspecified atom stereocenters. The molecule has 6 nitrogen and oxygen atoms in total. The molecule has 0 aliphatic carbocycles. The minimum absolute atomic E-state index is 0.0887. The van der Waals surface area contributed by atoms with Crippen molar-refractivity contribution in [1.82, 2.24) is 20.2 Å². The summed E-state index contributed by atoms with van der Waals surface area (Å²) in [7, 11) is 0. The molecule has 0 amide bonds. The molecule has 0 aliphatic heterocycles. The van der Waals surface area contributed by atoms with Gasteiger partial charge in [0.1, 0.15) is 10.8 Å². The number of rotatable bonds is 3. The molecule has 0 fully saturated rings. The Hall–Kier alpha value is -1.95. The lowest BCUT2D eigenvalue weighted by Crippen LogP contribution is -2.12. The zero-order valence-electron chi connectivity index (χ0n) is 9.07. The Morgan fingerprint density at radius 3 is 3.12 bits per heavy atom. The summed E-state index contributed by atoms with van der Waals surface area (Å²) < 4.78 is 0. The first-order valence-corrected chi connectivity index (χ1v) is 5.30. The van der Waals surface area contributed by atoms with Crippen molar-refractivity contribution in [3.05, 3.63) is 45.4 Å². The minimum Gasteiger partial charge on any atom is -0.377 e.